The van der Waals surface area contributed by atoms with E-state index >= 15 is 0 Å². The van der Waals surface area contributed by atoms with Crippen molar-refractivity contribution < 1.29 is 15.0 Å². The molecule has 2 N–H and O–H groups in total. The zero-order valence-electron chi connectivity index (χ0n) is 9.96. The zero-order chi connectivity index (χ0) is 13.2. The van der Waals surface area contributed by atoms with E-state index in [1.807, 2.05) is 37.3 Å². The maximum atomic E-state index is 11.2. The highest BCUT2D eigenvalue weighted by Gasteiger charge is 2.34. The third-order valence-electron chi connectivity index (χ3n) is 3.03. The Morgan fingerprint density at radius 2 is 1.94 bits per heavy atom. The minimum Gasteiger partial charge on any atom is -0.478 e. The van der Waals surface area contributed by atoms with E-state index in [0.29, 0.717) is 11.3 Å². The molecular weight excluding hydrogens is 248 g/mol. The minimum atomic E-state index is -1.23. The smallest absolute Gasteiger partial charge is 0.336 e. The van der Waals surface area contributed by atoms with Gasteiger partial charge in [0.15, 0.2) is 0 Å². The van der Waals surface area contributed by atoms with Crippen LogP contribution in [0.25, 0.3) is 0 Å². The first-order valence-electron chi connectivity index (χ1n) is 5.68. The van der Waals surface area contributed by atoms with Crippen LogP contribution in [0, 0.1) is 0 Å². The summed E-state index contributed by atoms with van der Waals surface area (Å²) in [4.78, 5) is 11.7. The molecule has 1 unspecified atom stereocenters. The number of carboxylic acid groups (broad SMARTS) is 1. The summed E-state index contributed by atoms with van der Waals surface area (Å²) in [5.41, 5.74) is -0.339. The van der Waals surface area contributed by atoms with Gasteiger partial charge in [0.05, 0.1) is 10.4 Å². The molecule has 1 heterocycles. The molecule has 0 spiro atoms. The standard InChI is InChI=1S/C14H14O3S/c1-2-14(17,10-6-4-3-5-7-10)12-11(13(15)16)8-9-18-12/h3-9,17H,2H2,1H3,(H,15,16). The molecular formula is C14H14O3S. The molecule has 4 heteroatoms. The molecule has 2 aromatic rings. The third-order valence-corrected chi connectivity index (χ3v) is 4.10. The van der Waals surface area contributed by atoms with Crippen LogP contribution in [0.2, 0.25) is 0 Å². The Kier molecular flexibility index (Phi) is 3.50. The van der Waals surface area contributed by atoms with Crippen molar-refractivity contribution in [3.63, 3.8) is 0 Å². The second-order valence-corrected chi connectivity index (χ2v) is 4.96. The van der Waals surface area contributed by atoms with Gasteiger partial charge >= 0.3 is 5.97 Å². The van der Waals surface area contributed by atoms with Crippen LogP contribution in [0.3, 0.4) is 0 Å². The number of carbonyl (C=O) groups is 1. The number of aliphatic hydroxyl groups is 1. The second kappa shape index (κ2) is 4.92. The van der Waals surface area contributed by atoms with Crippen LogP contribution < -0.4 is 0 Å². The molecule has 0 aliphatic carbocycles. The lowest BCUT2D eigenvalue weighted by molar-refractivity contribution is 0.0642. The van der Waals surface area contributed by atoms with E-state index in [1.54, 1.807) is 5.38 Å². The molecule has 0 aliphatic heterocycles. The average Bonchev–Trinajstić information content (AvgIpc) is 2.89. The normalized spacial score (nSPS) is 14.1. The SMILES string of the molecule is CCC(O)(c1ccccc1)c1sccc1C(=O)O. The zero-order valence-corrected chi connectivity index (χ0v) is 10.8. The summed E-state index contributed by atoms with van der Waals surface area (Å²) < 4.78 is 0. The van der Waals surface area contributed by atoms with Gasteiger partial charge in [0, 0.05) is 0 Å². The molecule has 1 atom stereocenters. The lowest BCUT2D eigenvalue weighted by Gasteiger charge is -2.27. The molecule has 0 amide bonds. The van der Waals surface area contributed by atoms with Gasteiger partial charge in [-0.1, -0.05) is 37.3 Å². The van der Waals surface area contributed by atoms with Crippen molar-refractivity contribution in [1.29, 1.82) is 0 Å². The topological polar surface area (TPSA) is 57.5 Å². The first kappa shape index (κ1) is 12.8. The second-order valence-electron chi connectivity index (χ2n) is 4.05. The molecule has 1 aromatic heterocycles. The molecule has 0 saturated heterocycles. The first-order valence-corrected chi connectivity index (χ1v) is 6.56. The number of hydrogen-bond acceptors (Lipinski definition) is 3. The fourth-order valence-corrected chi connectivity index (χ4v) is 3.09. The maximum Gasteiger partial charge on any atom is 0.336 e. The van der Waals surface area contributed by atoms with Gasteiger partial charge in [0.25, 0.3) is 0 Å². The first-order chi connectivity index (χ1) is 8.59. The molecule has 0 fully saturated rings. The van der Waals surface area contributed by atoms with Gasteiger partial charge in [-0.05, 0) is 23.4 Å². The summed E-state index contributed by atoms with van der Waals surface area (Å²) in [5.74, 6) is -1.01. The fraction of sp³-hybridized carbons (Fsp3) is 0.214. The Labute approximate surface area is 109 Å². The summed E-state index contributed by atoms with van der Waals surface area (Å²) >= 11 is 1.27. The third kappa shape index (κ3) is 2.05. The number of benzene rings is 1. The van der Waals surface area contributed by atoms with E-state index < -0.39 is 11.6 Å². The fourth-order valence-electron chi connectivity index (χ4n) is 2.01. The average molecular weight is 262 g/mol. The Bertz CT molecular complexity index is 547. The van der Waals surface area contributed by atoms with Gasteiger partial charge in [-0.3, -0.25) is 0 Å². The summed E-state index contributed by atoms with van der Waals surface area (Å²) in [6, 6.07) is 10.7. The highest BCUT2D eigenvalue weighted by molar-refractivity contribution is 7.10. The van der Waals surface area contributed by atoms with Crippen LogP contribution >= 0.6 is 11.3 Å². The van der Waals surface area contributed by atoms with Gasteiger partial charge in [-0.15, -0.1) is 11.3 Å². The Balaban J connectivity index is 2.57. The van der Waals surface area contributed by atoms with Crippen molar-refractivity contribution in [2.45, 2.75) is 18.9 Å². The van der Waals surface area contributed by atoms with Gasteiger partial charge in [0.1, 0.15) is 5.60 Å². The number of aromatic carboxylic acids is 1. The quantitative estimate of drug-likeness (QED) is 0.890. The van der Waals surface area contributed by atoms with E-state index in [2.05, 4.69) is 0 Å². The van der Waals surface area contributed by atoms with E-state index in [4.69, 9.17) is 5.11 Å². The maximum absolute atomic E-state index is 11.2. The van der Waals surface area contributed by atoms with Crippen molar-refractivity contribution in [2.24, 2.45) is 0 Å². The summed E-state index contributed by atoms with van der Waals surface area (Å²) in [7, 11) is 0. The van der Waals surface area contributed by atoms with Crippen LogP contribution in [0.15, 0.2) is 41.8 Å². The molecule has 0 aliphatic rings. The summed E-state index contributed by atoms with van der Waals surface area (Å²) in [6.07, 6.45) is 0.428. The van der Waals surface area contributed by atoms with Crippen molar-refractivity contribution in [3.05, 3.63) is 57.8 Å². The predicted molar refractivity (Wildman–Crippen MR) is 71.0 cm³/mol. The van der Waals surface area contributed by atoms with Crippen LogP contribution in [-0.2, 0) is 5.60 Å². The Morgan fingerprint density at radius 3 is 2.50 bits per heavy atom. The predicted octanol–water partition coefficient (Wildman–Crippen LogP) is 3.09. The van der Waals surface area contributed by atoms with Gasteiger partial charge in [-0.2, -0.15) is 0 Å². The van der Waals surface area contributed by atoms with Crippen LogP contribution in [-0.4, -0.2) is 16.2 Å². The number of thiophene rings is 1. The summed E-state index contributed by atoms with van der Waals surface area (Å²) in [5, 5.41) is 21.7. The molecule has 2 rings (SSSR count). The van der Waals surface area contributed by atoms with Crippen molar-refractivity contribution in [1.82, 2.24) is 0 Å². The van der Waals surface area contributed by atoms with Gasteiger partial charge < -0.3 is 10.2 Å². The van der Waals surface area contributed by atoms with Crippen LogP contribution in [0.5, 0.6) is 0 Å². The van der Waals surface area contributed by atoms with Gasteiger partial charge in [-0.25, -0.2) is 4.79 Å². The van der Waals surface area contributed by atoms with E-state index in [1.165, 1.54) is 17.4 Å². The summed E-state index contributed by atoms with van der Waals surface area (Å²) in [6.45, 7) is 1.85. The monoisotopic (exact) mass is 262 g/mol. The molecule has 0 radical (unpaired) electrons. The van der Waals surface area contributed by atoms with Crippen LogP contribution in [0.1, 0.15) is 34.1 Å². The molecule has 18 heavy (non-hydrogen) atoms. The Hall–Kier alpha value is -1.65. The van der Waals surface area contributed by atoms with Crippen LogP contribution in [0.4, 0.5) is 0 Å². The minimum absolute atomic E-state index is 0.174. The lowest BCUT2D eigenvalue weighted by atomic mass is 9.88. The van der Waals surface area contributed by atoms with E-state index in [9.17, 15) is 9.90 Å². The highest BCUT2D eigenvalue weighted by atomic mass is 32.1. The van der Waals surface area contributed by atoms with E-state index in [0.717, 1.165) is 5.56 Å². The van der Waals surface area contributed by atoms with E-state index in [-0.39, 0.29) is 5.56 Å². The largest absolute Gasteiger partial charge is 0.478 e. The highest BCUT2D eigenvalue weighted by Crippen LogP contribution is 2.38. The molecule has 3 nitrogen and oxygen atoms in total. The van der Waals surface area contributed by atoms with Crippen molar-refractivity contribution in [2.75, 3.05) is 0 Å². The Morgan fingerprint density at radius 1 is 1.28 bits per heavy atom. The molecule has 94 valence electrons. The lowest BCUT2D eigenvalue weighted by Crippen LogP contribution is -2.27. The van der Waals surface area contributed by atoms with Gasteiger partial charge in [0.2, 0.25) is 0 Å². The molecule has 1 aromatic carbocycles. The van der Waals surface area contributed by atoms with Crippen molar-refractivity contribution >= 4 is 17.3 Å². The van der Waals surface area contributed by atoms with Crippen molar-refractivity contribution in [3.8, 4) is 0 Å². The molecule has 0 bridgehead atoms. The molecule has 0 saturated carbocycles. The number of carboxylic acids is 1. The number of hydrogen-bond donors (Lipinski definition) is 2. The number of rotatable bonds is 4.